The van der Waals surface area contributed by atoms with E-state index in [-0.39, 0.29) is 5.91 Å². The number of aryl methyl sites for hydroxylation is 1. The molecule has 1 aromatic rings. The first-order valence-corrected chi connectivity index (χ1v) is 7.45. The van der Waals surface area contributed by atoms with Crippen LogP contribution in [0.25, 0.3) is 0 Å². The van der Waals surface area contributed by atoms with E-state index in [1.165, 1.54) is 12.8 Å². The minimum absolute atomic E-state index is 0.0271. The zero-order valence-electron chi connectivity index (χ0n) is 12.3. The molecular weight excluding hydrogens is 254 g/mol. The van der Waals surface area contributed by atoms with Crippen LogP contribution < -0.4 is 11.1 Å². The Morgan fingerprint density at radius 2 is 2.15 bits per heavy atom. The van der Waals surface area contributed by atoms with Crippen LogP contribution in [0.3, 0.4) is 0 Å². The molecule has 6 nitrogen and oxygen atoms in total. The second kappa shape index (κ2) is 7.40. The van der Waals surface area contributed by atoms with Gasteiger partial charge in [0.25, 0.3) is 5.91 Å². The van der Waals surface area contributed by atoms with Gasteiger partial charge in [-0.2, -0.15) is 5.10 Å². The van der Waals surface area contributed by atoms with Crippen molar-refractivity contribution in [3.63, 3.8) is 0 Å². The summed E-state index contributed by atoms with van der Waals surface area (Å²) in [6, 6.07) is 0. The Morgan fingerprint density at radius 3 is 2.85 bits per heavy atom. The Balaban J connectivity index is 1.80. The number of nitrogens with one attached hydrogen (secondary N) is 1. The lowest BCUT2D eigenvalue weighted by Crippen LogP contribution is -2.33. The maximum Gasteiger partial charge on any atom is 0.254 e. The van der Waals surface area contributed by atoms with Crippen molar-refractivity contribution >= 4 is 5.91 Å². The first-order chi connectivity index (χ1) is 9.72. The zero-order valence-corrected chi connectivity index (χ0v) is 12.3. The number of carbonyl (C=O) groups is 1. The van der Waals surface area contributed by atoms with Crippen molar-refractivity contribution in [1.29, 1.82) is 0 Å². The third kappa shape index (κ3) is 3.80. The van der Waals surface area contributed by atoms with Crippen molar-refractivity contribution in [2.45, 2.75) is 32.7 Å². The van der Waals surface area contributed by atoms with Gasteiger partial charge in [0.05, 0.1) is 11.8 Å². The number of amides is 1. The molecule has 0 bridgehead atoms. The predicted molar refractivity (Wildman–Crippen MR) is 78.6 cm³/mol. The normalized spacial score (nSPS) is 15.7. The maximum absolute atomic E-state index is 12.1. The first kappa shape index (κ1) is 15.0. The van der Waals surface area contributed by atoms with E-state index < -0.39 is 0 Å². The molecule has 6 heteroatoms. The van der Waals surface area contributed by atoms with Crippen LogP contribution in [0.2, 0.25) is 0 Å². The minimum Gasteiger partial charge on any atom is -0.351 e. The molecule has 0 spiro atoms. The average Bonchev–Trinajstić information content (AvgIpc) is 3.06. The molecule has 0 radical (unpaired) electrons. The third-order valence-electron chi connectivity index (χ3n) is 3.83. The number of hydrogen-bond donors (Lipinski definition) is 2. The van der Waals surface area contributed by atoms with E-state index in [1.54, 1.807) is 6.20 Å². The Bertz CT molecular complexity index is 437. The van der Waals surface area contributed by atoms with Crippen LogP contribution in [0, 0.1) is 6.92 Å². The van der Waals surface area contributed by atoms with E-state index in [0.29, 0.717) is 18.7 Å². The number of nitrogens with zero attached hydrogens (tertiary/aromatic N) is 3. The zero-order chi connectivity index (χ0) is 14.4. The van der Waals surface area contributed by atoms with Crippen molar-refractivity contribution < 1.29 is 4.79 Å². The van der Waals surface area contributed by atoms with Crippen molar-refractivity contribution in [2.75, 3.05) is 32.7 Å². The van der Waals surface area contributed by atoms with E-state index in [0.717, 1.165) is 38.3 Å². The molecule has 0 aromatic carbocycles. The Hall–Kier alpha value is -1.40. The summed E-state index contributed by atoms with van der Waals surface area (Å²) in [5, 5.41) is 7.23. The molecule has 1 aliphatic rings. The molecule has 2 heterocycles. The topological polar surface area (TPSA) is 76.2 Å². The molecule has 2 rings (SSSR count). The highest BCUT2D eigenvalue weighted by atomic mass is 16.1. The SMILES string of the molecule is Cc1c(C(=O)NCCN2CCCC2)cnn1CCCN. The van der Waals surface area contributed by atoms with E-state index >= 15 is 0 Å². The predicted octanol–water partition coefficient (Wildman–Crippen LogP) is 0.366. The van der Waals surface area contributed by atoms with Gasteiger partial charge in [0.15, 0.2) is 0 Å². The van der Waals surface area contributed by atoms with Gasteiger partial charge in [-0.1, -0.05) is 0 Å². The van der Waals surface area contributed by atoms with Crippen molar-refractivity contribution in [3.8, 4) is 0 Å². The summed E-state index contributed by atoms with van der Waals surface area (Å²) in [5.74, 6) is -0.0271. The Kier molecular flexibility index (Phi) is 5.55. The van der Waals surface area contributed by atoms with Gasteiger partial charge in [-0.15, -0.1) is 0 Å². The number of nitrogens with two attached hydrogens (primary N) is 1. The smallest absolute Gasteiger partial charge is 0.254 e. The van der Waals surface area contributed by atoms with Gasteiger partial charge in [-0.3, -0.25) is 9.48 Å². The van der Waals surface area contributed by atoms with Crippen LogP contribution in [0.4, 0.5) is 0 Å². The Morgan fingerprint density at radius 1 is 1.40 bits per heavy atom. The van der Waals surface area contributed by atoms with Crippen LogP contribution in [-0.2, 0) is 6.54 Å². The van der Waals surface area contributed by atoms with Gasteiger partial charge >= 0.3 is 0 Å². The fourth-order valence-electron chi connectivity index (χ4n) is 2.56. The molecule has 1 saturated heterocycles. The number of aromatic nitrogens is 2. The summed E-state index contributed by atoms with van der Waals surface area (Å²) in [7, 11) is 0. The highest BCUT2D eigenvalue weighted by molar-refractivity contribution is 5.95. The molecular formula is C14H25N5O. The minimum atomic E-state index is -0.0271. The molecule has 1 amide bonds. The van der Waals surface area contributed by atoms with Gasteiger partial charge in [0, 0.05) is 25.3 Å². The van der Waals surface area contributed by atoms with Crippen LogP contribution in [0.1, 0.15) is 35.3 Å². The molecule has 0 saturated carbocycles. The van der Waals surface area contributed by atoms with Crippen LogP contribution in [-0.4, -0.2) is 53.3 Å². The second-order valence-electron chi connectivity index (χ2n) is 5.31. The largest absolute Gasteiger partial charge is 0.351 e. The first-order valence-electron chi connectivity index (χ1n) is 7.45. The molecule has 3 N–H and O–H groups in total. The molecule has 0 unspecified atom stereocenters. The number of hydrogen-bond acceptors (Lipinski definition) is 4. The maximum atomic E-state index is 12.1. The third-order valence-corrected chi connectivity index (χ3v) is 3.83. The van der Waals surface area contributed by atoms with Crippen LogP contribution in [0.5, 0.6) is 0 Å². The Labute approximate surface area is 120 Å². The van der Waals surface area contributed by atoms with Crippen molar-refractivity contribution in [3.05, 3.63) is 17.5 Å². The molecule has 0 atom stereocenters. The van der Waals surface area contributed by atoms with E-state index in [9.17, 15) is 4.79 Å². The highest BCUT2D eigenvalue weighted by Crippen LogP contribution is 2.08. The van der Waals surface area contributed by atoms with Gasteiger partial charge in [0.2, 0.25) is 0 Å². The van der Waals surface area contributed by atoms with Crippen LogP contribution >= 0.6 is 0 Å². The summed E-state index contributed by atoms with van der Waals surface area (Å²) in [4.78, 5) is 14.5. The molecule has 1 aliphatic heterocycles. The standard InChI is InChI=1S/C14H25N5O/c1-12-13(11-17-19(12)9-4-5-15)14(20)16-6-10-18-7-2-3-8-18/h11H,2-10,15H2,1H3,(H,16,20). The summed E-state index contributed by atoms with van der Waals surface area (Å²) in [6.45, 7) is 7.29. The van der Waals surface area contributed by atoms with Crippen molar-refractivity contribution in [2.24, 2.45) is 5.73 Å². The molecule has 112 valence electrons. The lowest BCUT2D eigenvalue weighted by molar-refractivity contribution is 0.0949. The summed E-state index contributed by atoms with van der Waals surface area (Å²) in [6.07, 6.45) is 5.08. The highest BCUT2D eigenvalue weighted by Gasteiger charge is 2.15. The molecule has 1 fully saturated rings. The van der Waals surface area contributed by atoms with Crippen LogP contribution in [0.15, 0.2) is 6.20 Å². The van der Waals surface area contributed by atoms with Gasteiger partial charge in [0.1, 0.15) is 0 Å². The molecule has 1 aromatic heterocycles. The van der Waals surface area contributed by atoms with E-state index in [2.05, 4.69) is 15.3 Å². The lowest BCUT2D eigenvalue weighted by atomic mass is 10.2. The number of carbonyl (C=O) groups excluding carboxylic acids is 1. The van der Waals surface area contributed by atoms with Gasteiger partial charge in [-0.05, 0) is 45.8 Å². The monoisotopic (exact) mass is 279 g/mol. The second-order valence-corrected chi connectivity index (χ2v) is 5.31. The molecule has 0 aliphatic carbocycles. The molecule has 20 heavy (non-hydrogen) atoms. The summed E-state index contributed by atoms with van der Waals surface area (Å²) in [5.41, 5.74) is 7.08. The summed E-state index contributed by atoms with van der Waals surface area (Å²) >= 11 is 0. The van der Waals surface area contributed by atoms with Gasteiger partial charge in [-0.25, -0.2) is 0 Å². The quantitative estimate of drug-likeness (QED) is 0.756. The van der Waals surface area contributed by atoms with E-state index in [1.807, 2.05) is 11.6 Å². The fourth-order valence-corrected chi connectivity index (χ4v) is 2.56. The average molecular weight is 279 g/mol. The number of rotatable bonds is 7. The van der Waals surface area contributed by atoms with Crippen molar-refractivity contribution in [1.82, 2.24) is 20.0 Å². The fraction of sp³-hybridized carbons (Fsp3) is 0.714. The number of likely N-dealkylation sites (tertiary alicyclic amines) is 1. The summed E-state index contributed by atoms with van der Waals surface area (Å²) < 4.78 is 1.85. The van der Waals surface area contributed by atoms with E-state index in [4.69, 9.17) is 5.73 Å². The van der Waals surface area contributed by atoms with Gasteiger partial charge < -0.3 is 16.0 Å². The lowest BCUT2D eigenvalue weighted by Gasteiger charge is -2.14.